The number of aromatic nitrogens is 2. The molecule has 2 aliphatic rings. The van der Waals surface area contributed by atoms with Gasteiger partial charge in [0.2, 0.25) is 16.9 Å². The Labute approximate surface area is 155 Å². The molecule has 0 bridgehead atoms. The molecule has 0 aliphatic carbocycles. The molecule has 2 saturated heterocycles. The van der Waals surface area contributed by atoms with Gasteiger partial charge in [-0.1, -0.05) is 11.3 Å². The number of carbonyl (C=O) groups is 3. The predicted molar refractivity (Wildman–Crippen MR) is 93.7 cm³/mol. The van der Waals surface area contributed by atoms with Crippen molar-refractivity contribution in [1.29, 1.82) is 0 Å². The van der Waals surface area contributed by atoms with Crippen LogP contribution in [0, 0.1) is 5.92 Å². The summed E-state index contributed by atoms with van der Waals surface area (Å²) in [6.45, 7) is 2.84. The van der Waals surface area contributed by atoms with E-state index in [2.05, 4.69) is 15.5 Å². The van der Waals surface area contributed by atoms with E-state index < -0.39 is 5.92 Å². The van der Waals surface area contributed by atoms with Crippen LogP contribution in [-0.2, 0) is 20.9 Å². The third kappa shape index (κ3) is 3.93. The van der Waals surface area contributed by atoms with Gasteiger partial charge in [-0.05, 0) is 0 Å². The average Bonchev–Trinajstić information content (AvgIpc) is 3.30. The standard InChI is InChI=1S/C15H22N6O4S/c1-19-5-6-20(15(19)24)4-3-16-13(23)10-7-12(22)21(8-10)14-18-17-11(26-14)9-25-2/h10H,3-9H2,1-2H3,(H,16,23). The Morgan fingerprint density at radius 1 is 1.35 bits per heavy atom. The van der Waals surface area contributed by atoms with Crippen molar-refractivity contribution in [3.05, 3.63) is 5.01 Å². The Bertz CT molecular complexity index is 695. The van der Waals surface area contributed by atoms with Crippen molar-refractivity contribution >= 4 is 34.3 Å². The topological polar surface area (TPSA) is 108 Å². The summed E-state index contributed by atoms with van der Waals surface area (Å²) in [5.41, 5.74) is 0. The normalized spacial score (nSPS) is 20.4. The second-order valence-corrected chi connectivity index (χ2v) is 7.34. The number of rotatable bonds is 7. The molecule has 26 heavy (non-hydrogen) atoms. The highest BCUT2D eigenvalue weighted by Gasteiger charge is 2.36. The van der Waals surface area contributed by atoms with E-state index in [0.717, 1.165) is 0 Å². The van der Waals surface area contributed by atoms with Gasteiger partial charge in [0, 0.05) is 53.3 Å². The summed E-state index contributed by atoms with van der Waals surface area (Å²) < 4.78 is 5.00. The summed E-state index contributed by atoms with van der Waals surface area (Å²) in [5.74, 6) is -0.738. The van der Waals surface area contributed by atoms with Gasteiger partial charge in [-0.15, -0.1) is 10.2 Å². The number of nitrogens with one attached hydrogen (secondary N) is 1. The minimum atomic E-state index is -0.422. The van der Waals surface area contributed by atoms with E-state index in [0.29, 0.717) is 42.9 Å². The minimum Gasteiger partial charge on any atom is -0.377 e. The van der Waals surface area contributed by atoms with Crippen molar-refractivity contribution in [2.75, 3.05) is 51.8 Å². The van der Waals surface area contributed by atoms with Crippen molar-refractivity contribution in [3.63, 3.8) is 0 Å². The molecule has 1 unspecified atom stereocenters. The fourth-order valence-corrected chi connectivity index (χ4v) is 3.81. The lowest BCUT2D eigenvalue weighted by Gasteiger charge is -2.17. The van der Waals surface area contributed by atoms with Crippen LogP contribution in [0.1, 0.15) is 11.4 Å². The summed E-state index contributed by atoms with van der Waals surface area (Å²) in [4.78, 5) is 41.2. The monoisotopic (exact) mass is 382 g/mol. The SMILES string of the molecule is COCc1nnc(N2CC(C(=O)NCCN3CCN(C)C3=O)CC2=O)s1. The molecule has 2 fully saturated rings. The van der Waals surface area contributed by atoms with Crippen LogP contribution in [0.15, 0.2) is 0 Å². The van der Waals surface area contributed by atoms with Gasteiger partial charge in [0.25, 0.3) is 0 Å². The smallest absolute Gasteiger partial charge is 0.319 e. The van der Waals surface area contributed by atoms with Crippen LogP contribution in [0.4, 0.5) is 9.93 Å². The van der Waals surface area contributed by atoms with E-state index in [-0.39, 0.29) is 30.8 Å². The number of ether oxygens (including phenoxy) is 1. The molecule has 1 atom stereocenters. The van der Waals surface area contributed by atoms with Gasteiger partial charge < -0.3 is 19.9 Å². The second kappa shape index (κ2) is 7.96. The van der Waals surface area contributed by atoms with Crippen molar-refractivity contribution in [2.45, 2.75) is 13.0 Å². The quantitative estimate of drug-likeness (QED) is 0.683. The number of carbonyl (C=O) groups excluding carboxylic acids is 3. The van der Waals surface area contributed by atoms with E-state index in [9.17, 15) is 14.4 Å². The summed E-state index contributed by atoms with van der Waals surface area (Å²) >= 11 is 1.28. The summed E-state index contributed by atoms with van der Waals surface area (Å²) in [7, 11) is 3.32. The zero-order valence-electron chi connectivity index (χ0n) is 14.8. The molecular weight excluding hydrogens is 360 g/mol. The molecule has 1 aromatic rings. The molecule has 1 aromatic heterocycles. The lowest BCUT2D eigenvalue weighted by atomic mass is 10.1. The number of urea groups is 1. The van der Waals surface area contributed by atoms with Crippen LogP contribution in [0.5, 0.6) is 0 Å². The van der Waals surface area contributed by atoms with Gasteiger partial charge in [0.15, 0.2) is 0 Å². The number of likely N-dealkylation sites (N-methyl/N-ethyl adjacent to an activating group) is 1. The van der Waals surface area contributed by atoms with Crippen molar-refractivity contribution in [3.8, 4) is 0 Å². The highest BCUT2D eigenvalue weighted by Crippen LogP contribution is 2.28. The Balaban J connectivity index is 1.48. The van der Waals surface area contributed by atoms with Crippen LogP contribution in [0.25, 0.3) is 0 Å². The molecule has 0 aromatic carbocycles. The maximum absolute atomic E-state index is 12.3. The Morgan fingerprint density at radius 3 is 2.85 bits per heavy atom. The van der Waals surface area contributed by atoms with Gasteiger partial charge in [-0.25, -0.2) is 4.79 Å². The van der Waals surface area contributed by atoms with E-state index >= 15 is 0 Å². The molecule has 0 spiro atoms. The fourth-order valence-electron chi connectivity index (χ4n) is 2.97. The van der Waals surface area contributed by atoms with Crippen molar-refractivity contribution in [1.82, 2.24) is 25.3 Å². The van der Waals surface area contributed by atoms with Crippen molar-refractivity contribution in [2.24, 2.45) is 5.92 Å². The van der Waals surface area contributed by atoms with Crippen LogP contribution in [0.2, 0.25) is 0 Å². The Kier molecular flexibility index (Phi) is 5.67. The van der Waals surface area contributed by atoms with Gasteiger partial charge in [-0.2, -0.15) is 0 Å². The third-order valence-corrected chi connectivity index (χ3v) is 5.35. The van der Waals surface area contributed by atoms with E-state index in [1.165, 1.54) is 16.2 Å². The Hall–Kier alpha value is -2.27. The maximum Gasteiger partial charge on any atom is 0.319 e. The second-order valence-electron chi connectivity index (χ2n) is 6.30. The first kappa shape index (κ1) is 18.5. The maximum atomic E-state index is 12.3. The van der Waals surface area contributed by atoms with Crippen LogP contribution < -0.4 is 10.2 Å². The molecule has 4 amide bonds. The van der Waals surface area contributed by atoms with Gasteiger partial charge in [-0.3, -0.25) is 14.5 Å². The first-order valence-corrected chi connectivity index (χ1v) is 9.20. The summed E-state index contributed by atoms with van der Waals surface area (Å²) in [5, 5.41) is 12.0. The molecule has 3 heterocycles. The number of amides is 4. The van der Waals surface area contributed by atoms with Crippen LogP contribution >= 0.6 is 11.3 Å². The first-order chi connectivity index (χ1) is 12.5. The Morgan fingerprint density at radius 2 is 2.15 bits per heavy atom. The fraction of sp³-hybridized carbons (Fsp3) is 0.667. The zero-order chi connectivity index (χ0) is 18.7. The van der Waals surface area contributed by atoms with Gasteiger partial charge in [0.05, 0.1) is 5.92 Å². The third-order valence-electron chi connectivity index (χ3n) is 4.43. The van der Waals surface area contributed by atoms with Gasteiger partial charge in [0.1, 0.15) is 11.6 Å². The first-order valence-electron chi connectivity index (χ1n) is 8.39. The van der Waals surface area contributed by atoms with Crippen LogP contribution in [-0.4, -0.2) is 84.7 Å². The van der Waals surface area contributed by atoms with Crippen molar-refractivity contribution < 1.29 is 19.1 Å². The zero-order valence-corrected chi connectivity index (χ0v) is 15.6. The highest BCUT2D eigenvalue weighted by atomic mass is 32.1. The largest absolute Gasteiger partial charge is 0.377 e. The molecule has 2 aliphatic heterocycles. The molecule has 10 nitrogen and oxygen atoms in total. The number of hydrogen-bond donors (Lipinski definition) is 1. The molecule has 11 heteroatoms. The molecular formula is C15H22N6O4S. The molecule has 142 valence electrons. The molecule has 3 rings (SSSR count). The van der Waals surface area contributed by atoms with Crippen LogP contribution in [0.3, 0.4) is 0 Å². The minimum absolute atomic E-state index is 0.0235. The molecule has 0 saturated carbocycles. The molecule has 0 radical (unpaired) electrons. The number of methoxy groups -OCH3 is 1. The highest BCUT2D eigenvalue weighted by molar-refractivity contribution is 7.15. The summed E-state index contributed by atoms with van der Waals surface area (Å²) in [6.07, 6.45) is 0.149. The van der Waals surface area contributed by atoms with E-state index in [1.54, 1.807) is 24.0 Å². The summed E-state index contributed by atoms with van der Waals surface area (Å²) in [6, 6.07) is -0.0235. The van der Waals surface area contributed by atoms with E-state index in [4.69, 9.17) is 4.74 Å². The lowest BCUT2D eigenvalue weighted by molar-refractivity contribution is -0.126. The molecule has 1 N–H and O–H groups in total. The lowest BCUT2D eigenvalue weighted by Crippen LogP contribution is -2.39. The average molecular weight is 382 g/mol. The predicted octanol–water partition coefficient (Wildman–Crippen LogP) is -0.479. The number of anilines is 1. The number of nitrogens with zero attached hydrogens (tertiary/aromatic N) is 5. The number of hydrogen-bond acceptors (Lipinski definition) is 7. The van der Waals surface area contributed by atoms with Gasteiger partial charge >= 0.3 is 6.03 Å². The van der Waals surface area contributed by atoms with E-state index in [1.807, 2.05) is 0 Å².